The van der Waals surface area contributed by atoms with E-state index < -0.39 is 18.1 Å². The van der Waals surface area contributed by atoms with Crippen LogP contribution in [-0.4, -0.2) is 32.1 Å². The molecular weight excluding hydrogens is 258 g/mol. The summed E-state index contributed by atoms with van der Waals surface area (Å²) in [5.74, 6) is -0.890. The number of hydrogen-bond donors (Lipinski definition) is 1. The molecule has 0 spiro atoms. The monoisotopic (exact) mass is 279 g/mol. The summed E-state index contributed by atoms with van der Waals surface area (Å²) in [7, 11) is 2.76. The van der Waals surface area contributed by atoms with Crippen LogP contribution in [0.1, 0.15) is 25.5 Å². The van der Waals surface area contributed by atoms with Gasteiger partial charge in [0.2, 0.25) is 0 Å². The fourth-order valence-corrected chi connectivity index (χ4v) is 1.88. The fourth-order valence-electron chi connectivity index (χ4n) is 1.88. The maximum atomic E-state index is 12.3. The molecule has 0 aliphatic heterocycles. The van der Waals surface area contributed by atoms with Crippen LogP contribution in [0.25, 0.3) is 0 Å². The Bertz CT molecular complexity index is 444. The van der Waals surface area contributed by atoms with Gasteiger partial charge in [-0.2, -0.15) is 0 Å². The van der Waals surface area contributed by atoms with Gasteiger partial charge < -0.3 is 14.8 Å². The average Bonchev–Trinajstić information content (AvgIpc) is 2.45. The standard InChI is InChI=1S/C15H21NO4/c1-10(2)12(15(18)20-4)16-14(17)13(19-3)11-8-6-5-7-9-11/h5-10,12-13H,1-4H3,(H,16,17)/t12-,13-/m0/s1. The maximum absolute atomic E-state index is 12.3. The van der Waals surface area contributed by atoms with E-state index in [4.69, 9.17) is 9.47 Å². The van der Waals surface area contributed by atoms with Crippen LogP contribution in [0.15, 0.2) is 30.3 Å². The molecule has 1 N–H and O–H groups in total. The summed E-state index contributed by atoms with van der Waals surface area (Å²) in [5, 5.41) is 2.68. The quantitative estimate of drug-likeness (QED) is 0.805. The first-order chi connectivity index (χ1) is 9.51. The molecule has 5 nitrogen and oxygen atoms in total. The van der Waals surface area contributed by atoms with Crippen LogP contribution in [0.4, 0.5) is 0 Å². The van der Waals surface area contributed by atoms with E-state index in [1.54, 1.807) is 12.1 Å². The van der Waals surface area contributed by atoms with Crippen molar-refractivity contribution in [1.29, 1.82) is 0 Å². The summed E-state index contributed by atoms with van der Waals surface area (Å²) in [6.45, 7) is 3.68. The van der Waals surface area contributed by atoms with Gasteiger partial charge in [-0.3, -0.25) is 4.79 Å². The summed E-state index contributed by atoms with van der Waals surface area (Å²) in [6, 6.07) is 8.43. The number of esters is 1. The zero-order valence-electron chi connectivity index (χ0n) is 12.3. The van der Waals surface area contributed by atoms with Crippen LogP contribution in [-0.2, 0) is 19.1 Å². The Morgan fingerprint density at radius 2 is 1.70 bits per heavy atom. The molecule has 2 atom stereocenters. The fraction of sp³-hybridized carbons (Fsp3) is 0.467. The van der Waals surface area contributed by atoms with E-state index in [1.807, 2.05) is 32.0 Å². The van der Waals surface area contributed by atoms with Gasteiger partial charge in [0.05, 0.1) is 7.11 Å². The van der Waals surface area contributed by atoms with E-state index in [-0.39, 0.29) is 11.8 Å². The van der Waals surface area contributed by atoms with Crippen molar-refractivity contribution < 1.29 is 19.1 Å². The van der Waals surface area contributed by atoms with Crippen molar-refractivity contribution in [2.45, 2.75) is 26.0 Å². The highest BCUT2D eigenvalue weighted by Crippen LogP contribution is 2.17. The molecular formula is C15H21NO4. The lowest BCUT2D eigenvalue weighted by Crippen LogP contribution is -2.47. The third kappa shape index (κ3) is 4.06. The zero-order valence-corrected chi connectivity index (χ0v) is 12.3. The van der Waals surface area contributed by atoms with E-state index in [2.05, 4.69) is 5.32 Å². The van der Waals surface area contributed by atoms with E-state index in [9.17, 15) is 9.59 Å². The number of carbonyl (C=O) groups is 2. The molecule has 0 aliphatic rings. The molecule has 1 rings (SSSR count). The van der Waals surface area contributed by atoms with Gasteiger partial charge in [-0.05, 0) is 11.5 Å². The highest BCUT2D eigenvalue weighted by molar-refractivity contribution is 5.87. The lowest BCUT2D eigenvalue weighted by Gasteiger charge is -2.23. The maximum Gasteiger partial charge on any atom is 0.328 e. The minimum absolute atomic E-state index is 0.0697. The number of amides is 1. The lowest BCUT2D eigenvalue weighted by molar-refractivity contribution is -0.148. The van der Waals surface area contributed by atoms with Crippen LogP contribution >= 0.6 is 0 Å². The second kappa shape index (κ2) is 7.65. The molecule has 0 unspecified atom stereocenters. The lowest BCUT2D eigenvalue weighted by atomic mass is 10.0. The Kier molecular flexibility index (Phi) is 6.18. The minimum atomic E-state index is -0.748. The minimum Gasteiger partial charge on any atom is -0.467 e. The number of nitrogens with one attached hydrogen (secondary N) is 1. The summed E-state index contributed by atoms with van der Waals surface area (Å²) >= 11 is 0. The Labute approximate surface area is 119 Å². The highest BCUT2D eigenvalue weighted by Gasteiger charge is 2.29. The molecule has 1 aromatic carbocycles. The number of benzene rings is 1. The predicted molar refractivity (Wildman–Crippen MR) is 75.0 cm³/mol. The molecule has 1 aromatic rings. The van der Waals surface area contributed by atoms with Crippen molar-refractivity contribution >= 4 is 11.9 Å². The first-order valence-corrected chi connectivity index (χ1v) is 6.47. The molecule has 110 valence electrons. The number of rotatable bonds is 6. The third-order valence-corrected chi connectivity index (χ3v) is 3.00. The Balaban J connectivity index is 2.84. The number of ether oxygens (including phenoxy) is 2. The third-order valence-electron chi connectivity index (χ3n) is 3.00. The molecule has 0 saturated carbocycles. The second-order valence-corrected chi connectivity index (χ2v) is 4.78. The van der Waals surface area contributed by atoms with Crippen LogP contribution in [0, 0.1) is 5.92 Å². The van der Waals surface area contributed by atoms with Crippen molar-refractivity contribution in [1.82, 2.24) is 5.32 Å². The molecule has 5 heteroatoms. The van der Waals surface area contributed by atoms with Gasteiger partial charge in [-0.15, -0.1) is 0 Å². The summed E-state index contributed by atoms with van der Waals surface area (Å²) in [4.78, 5) is 23.9. The molecule has 0 fully saturated rings. The van der Waals surface area contributed by atoms with Crippen molar-refractivity contribution in [3.63, 3.8) is 0 Å². The van der Waals surface area contributed by atoms with Gasteiger partial charge in [0.15, 0.2) is 6.10 Å². The number of methoxy groups -OCH3 is 2. The summed E-state index contributed by atoms with van der Waals surface area (Å²) < 4.78 is 9.93. The molecule has 0 radical (unpaired) electrons. The van der Waals surface area contributed by atoms with E-state index in [1.165, 1.54) is 14.2 Å². The zero-order chi connectivity index (χ0) is 15.1. The van der Waals surface area contributed by atoms with E-state index >= 15 is 0 Å². The van der Waals surface area contributed by atoms with E-state index in [0.717, 1.165) is 5.56 Å². The van der Waals surface area contributed by atoms with Gasteiger partial charge in [0, 0.05) is 7.11 Å². The SMILES string of the molecule is COC(=O)[C@@H](NC(=O)[C@@H](OC)c1ccccc1)C(C)C. The van der Waals surface area contributed by atoms with Gasteiger partial charge in [0.1, 0.15) is 6.04 Å². The van der Waals surface area contributed by atoms with Gasteiger partial charge in [-0.25, -0.2) is 4.79 Å². The smallest absolute Gasteiger partial charge is 0.328 e. The van der Waals surface area contributed by atoms with Crippen LogP contribution in [0.5, 0.6) is 0 Å². The van der Waals surface area contributed by atoms with Crippen molar-refractivity contribution in [2.75, 3.05) is 14.2 Å². The van der Waals surface area contributed by atoms with Gasteiger partial charge in [0.25, 0.3) is 5.91 Å². The number of carbonyl (C=O) groups excluding carboxylic acids is 2. The first-order valence-electron chi connectivity index (χ1n) is 6.47. The predicted octanol–water partition coefficient (Wildman–Crippen LogP) is 1.69. The molecule has 20 heavy (non-hydrogen) atoms. The molecule has 0 saturated heterocycles. The van der Waals surface area contributed by atoms with Crippen molar-refractivity contribution in [3.05, 3.63) is 35.9 Å². The molecule has 0 aromatic heterocycles. The Morgan fingerprint density at radius 1 is 1.10 bits per heavy atom. The highest BCUT2D eigenvalue weighted by atomic mass is 16.5. The summed E-state index contributed by atoms with van der Waals surface area (Å²) in [5.41, 5.74) is 0.736. The summed E-state index contributed by atoms with van der Waals surface area (Å²) in [6.07, 6.45) is -0.748. The van der Waals surface area contributed by atoms with Gasteiger partial charge in [-0.1, -0.05) is 44.2 Å². The van der Waals surface area contributed by atoms with Crippen LogP contribution in [0.3, 0.4) is 0 Å². The molecule has 0 bridgehead atoms. The Hall–Kier alpha value is -1.88. The molecule has 0 heterocycles. The van der Waals surface area contributed by atoms with Crippen molar-refractivity contribution in [3.8, 4) is 0 Å². The van der Waals surface area contributed by atoms with Crippen molar-refractivity contribution in [2.24, 2.45) is 5.92 Å². The number of hydrogen-bond acceptors (Lipinski definition) is 4. The largest absolute Gasteiger partial charge is 0.467 e. The first kappa shape index (κ1) is 16.2. The van der Waals surface area contributed by atoms with Crippen LogP contribution < -0.4 is 5.32 Å². The molecule has 1 amide bonds. The second-order valence-electron chi connectivity index (χ2n) is 4.78. The van der Waals surface area contributed by atoms with E-state index in [0.29, 0.717) is 0 Å². The van der Waals surface area contributed by atoms with Crippen LogP contribution in [0.2, 0.25) is 0 Å². The Morgan fingerprint density at radius 3 is 2.15 bits per heavy atom. The average molecular weight is 279 g/mol. The topological polar surface area (TPSA) is 64.6 Å². The molecule has 0 aliphatic carbocycles. The van der Waals surface area contributed by atoms with Gasteiger partial charge >= 0.3 is 5.97 Å². The normalized spacial score (nSPS) is 13.7.